The van der Waals surface area contributed by atoms with Gasteiger partial charge in [0.25, 0.3) is 0 Å². The summed E-state index contributed by atoms with van der Waals surface area (Å²) in [6.45, 7) is 3.67. The molecule has 0 amide bonds. The molecule has 2 aromatic heterocycles. The average molecular weight is 310 g/mol. The number of hydrogen-bond acceptors (Lipinski definition) is 2. The van der Waals surface area contributed by atoms with Crippen molar-refractivity contribution in [2.75, 3.05) is 19.6 Å². The van der Waals surface area contributed by atoms with E-state index < -0.39 is 0 Å². The summed E-state index contributed by atoms with van der Waals surface area (Å²) < 4.78 is 0. The molecular formula is C19H22N2S. The van der Waals surface area contributed by atoms with Gasteiger partial charge < -0.3 is 9.88 Å². The number of aromatic amines is 1. The SMILES string of the molecule is c1csc(CCN2CCC(c3c[nH]c4ccccc34)CC2)c1. The van der Waals surface area contributed by atoms with Gasteiger partial charge >= 0.3 is 0 Å². The highest BCUT2D eigenvalue weighted by Gasteiger charge is 2.22. The van der Waals surface area contributed by atoms with Gasteiger partial charge in [0, 0.05) is 28.5 Å². The van der Waals surface area contributed by atoms with Crippen molar-refractivity contribution in [2.45, 2.75) is 25.2 Å². The maximum absolute atomic E-state index is 3.43. The Hall–Kier alpha value is -1.58. The van der Waals surface area contributed by atoms with Crippen LogP contribution in [0.4, 0.5) is 0 Å². The molecule has 22 heavy (non-hydrogen) atoms. The topological polar surface area (TPSA) is 19.0 Å². The highest BCUT2D eigenvalue weighted by Crippen LogP contribution is 2.33. The molecule has 0 spiro atoms. The summed E-state index contributed by atoms with van der Waals surface area (Å²) in [7, 11) is 0. The van der Waals surface area contributed by atoms with Crippen LogP contribution in [0.25, 0.3) is 10.9 Å². The van der Waals surface area contributed by atoms with E-state index in [2.05, 4.69) is 57.9 Å². The third-order valence-electron chi connectivity index (χ3n) is 4.90. The van der Waals surface area contributed by atoms with Gasteiger partial charge in [-0.3, -0.25) is 0 Å². The molecule has 3 heteroatoms. The Morgan fingerprint density at radius 2 is 1.95 bits per heavy atom. The zero-order valence-corrected chi connectivity index (χ0v) is 13.6. The standard InChI is InChI=1S/C19H22N2S/c1-2-6-19-17(5-1)18(14-20-19)15-7-10-21(11-8-15)12-9-16-4-3-13-22-16/h1-6,13-15,20H,7-12H2. The zero-order valence-electron chi connectivity index (χ0n) is 12.8. The lowest BCUT2D eigenvalue weighted by Gasteiger charge is -2.31. The molecule has 2 nitrogen and oxygen atoms in total. The molecule has 1 fully saturated rings. The molecule has 0 bridgehead atoms. The van der Waals surface area contributed by atoms with Crippen molar-refractivity contribution in [2.24, 2.45) is 0 Å². The normalized spacial score (nSPS) is 17.3. The second-order valence-electron chi connectivity index (χ2n) is 6.23. The van der Waals surface area contributed by atoms with E-state index in [4.69, 9.17) is 0 Å². The van der Waals surface area contributed by atoms with Gasteiger partial charge in [-0.2, -0.15) is 0 Å². The van der Waals surface area contributed by atoms with Crippen molar-refractivity contribution in [1.29, 1.82) is 0 Å². The van der Waals surface area contributed by atoms with Gasteiger partial charge in [-0.1, -0.05) is 24.3 Å². The Morgan fingerprint density at radius 3 is 2.77 bits per heavy atom. The quantitative estimate of drug-likeness (QED) is 0.743. The van der Waals surface area contributed by atoms with Crippen molar-refractivity contribution >= 4 is 22.2 Å². The average Bonchev–Trinajstić information content (AvgIpc) is 3.23. The molecule has 0 radical (unpaired) electrons. The second kappa shape index (κ2) is 6.27. The van der Waals surface area contributed by atoms with E-state index in [1.54, 1.807) is 0 Å². The zero-order chi connectivity index (χ0) is 14.8. The van der Waals surface area contributed by atoms with Gasteiger partial charge in [0.1, 0.15) is 0 Å². The van der Waals surface area contributed by atoms with Crippen LogP contribution in [-0.4, -0.2) is 29.5 Å². The number of rotatable bonds is 4. The number of H-pyrrole nitrogens is 1. The minimum atomic E-state index is 0.717. The first-order valence-electron chi connectivity index (χ1n) is 8.21. The predicted octanol–water partition coefficient (Wildman–Crippen LogP) is 4.65. The number of aromatic nitrogens is 1. The third-order valence-corrected chi connectivity index (χ3v) is 5.84. The summed E-state index contributed by atoms with van der Waals surface area (Å²) in [6, 6.07) is 13.1. The summed E-state index contributed by atoms with van der Waals surface area (Å²) in [5.41, 5.74) is 2.80. The molecule has 0 atom stereocenters. The van der Waals surface area contributed by atoms with Crippen molar-refractivity contribution in [3.05, 3.63) is 58.4 Å². The van der Waals surface area contributed by atoms with Crippen LogP contribution in [0.2, 0.25) is 0 Å². The fraction of sp³-hybridized carbons (Fsp3) is 0.368. The lowest BCUT2D eigenvalue weighted by atomic mass is 9.89. The number of nitrogens with one attached hydrogen (secondary N) is 1. The third kappa shape index (κ3) is 2.83. The van der Waals surface area contributed by atoms with Gasteiger partial charge in [-0.15, -0.1) is 11.3 Å². The van der Waals surface area contributed by atoms with Crippen LogP contribution in [0, 0.1) is 0 Å². The lowest BCUT2D eigenvalue weighted by Crippen LogP contribution is -2.34. The molecular weight excluding hydrogens is 288 g/mol. The largest absolute Gasteiger partial charge is 0.361 e. The fourth-order valence-corrected chi connectivity index (χ4v) is 4.32. The Balaban J connectivity index is 1.37. The number of likely N-dealkylation sites (tertiary alicyclic amines) is 1. The molecule has 114 valence electrons. The van der Waals surface area contributed by atoms with E-state index in [9.17, 15) is 0 Å². The Labute approximate surface area is 135 Å². The maximum atomic E-state index is 3.43. The van der Waals surface area contributed by atoms with Gasteiger partial charge in [0.2, 0.25) is 0 Å². The molecule has 4 rings (SSSR count). The number of para-hydroxylation sites is 1. The van der Waals surface area contributed by atoms with Crippen LogP contribution in [0.5, 0.6) is 0 Å². The molecule has 1 N–H and O–H groups in total. The smallest absolute Gasteiger partial charge is 0.0456 e. The number of benzene rings is 1. The minimum absolute atomic E-state index is 0.717. The summed E-state index contributed by atoms with van der Waals surface area (Å²) in [5.74, 6) is 0.717. The van der Waals surface area contributed by atoms with E-state index in [1.165, 1.54) is 60.2 Å². The molecule has 3 aromatic rings. The van der Waals surface area contributed by atoms with Crippen LogP contribution < -0.4 is 0 Å². The predicted molar refractivity (Wildman–Crippen MR) is 94.7 cm³/mol. The molecule has 1 saturated heterocycles. The van der Waals surface area contributed by atoms with E-state index in [1.807, 2.05) is 11.3 Å². The molecule has 1 aliphatic heterocycles. The lowest BCUT2D eigenvalue weighted by molar-refractivity contribution is 0.215. The Bertz CT molecular complexity index is 721. The van der Waals surface area contributed by atoms with Crippen molar-refractivity contribution in [1.82, 2.24) is 9.88 Å². The van der Waals surface area contributed by atoms with Crippen LogP contribution in [-0.2, 0) is 6.42 Å². The van der Waals surface area contributed by atoms with Gasteiger partial charge in [-0.05, 0) is 61.3 Å². The van der Waals surface area contributed by atoms with Gasteiger partial charge in [-0.25, -0.2) is 0 Å². The molecule has 0 saturated carbocycles. The van der Waals surface area contributed by atoms with E-state index in [-0.39, 0.29) is 0 Å². The van der Waals surface area contributed by atoms with Crippen molar-refractivity contribution in [3.8, 4) is 0 Å². The molecule has 1 aliphatic rings. The van der Waals surface area contributed by atoms with Crippen LogP contribution >= 0.6 is 11.3 Å². The van der Waals surface area contributed by atoms with E-state index in [0.717, 1.165) is 0 Å². The number of hydrogen-bond donors (Lipinski definition) is 1. The van der Waals surface area contributed by atoms with Gasteiger partial charge in [0.05, 0.1) is 0 Å². The first-order chi connectivity index (χ1) is 10.9. The summed E-state index contributed by atoms with van der Waals surface area (Å²) in [4.78, 5) is 7.57. The number of piperidine rings is 1. The number of fused-ring (bicyclic) bond motifs is 1. The number of nitrogens with zero attached hydrogens (tertiary/aromatic N) is 1. The monoisotopic (exact) mass is 310 g/mol. The molecule has 1 aromatic carbocycles. The van der Waals surface area contributed by atoms with Crippen LogP contribution in [0.1, 0.15) is 29.2 Å². The first-order valence-corrected chi connectivity index (χ1v) is 9.09. The highest BCUT2D eigenvalue weighted by atomic mass is 32.1. The highest BCUT2D eigenvalue weighted by molar-refractivity contribution is 7.09. The fourth-order valence-electron chi connectivity index (χ4n) is 3.62. The Kier molecular flexibility index (Phi) is 4.00. The van der Waals surface area contributed by atoms with Crippen LogP contribution in [0.3, 0.4) is 0 Å². The van der Waals surface area contributed by atoms with E-state index in [0.29, 0.717) is 5.92 Å². The Morgan fingerprint density at radius 1 is 1.09 bits per heavy atom. The van der Waals surface area contributed by atoms with Crippen molar-refractivity contribution < 1.29 is 0 Å². The molecule has 0 aliphatic carbocycles. The van der Waals surface area contributed by atoms with E-state index >= 15 is 0 Å². The first kappa shape index (κ1) is 14.0. The van der Waals surface area contributed by atoms with Crippen molar-refractivity contribution in [3.63, 3.8) is 0 Å². The number of thiophene rings is 1. The molecule has 3 heterocycles. The second-order valence-corrected chi connectivity index (χ2v) is 7.27. The maximum Gasteiger partial charge on any atom is 0.0456 e. The van der Waals surface area contributed by atoms with Gasteiger partial charge in [0.15, 0.2) is 0 Å². The summed E-state index contributed by atoms with van der Waals surface area (Å²) in [5, 5.41) is 3.60. The summed E-state index contributed by atoms with van der Waals surface area (Å²) in [6.07, 6.45) is 6.00. The summed E-state index contributed by atoms with van der Waals surface area (Å²) >= 11 is 1.88. The minimum Gasteiger partial charge on any atom is -0.361 e. The van der Waals surface area contributed by atoms with Crippen LogP contribution in [0.15, 0.2) is 48.0 Å². The molecule has 0 unspecified atom stereocenters.